The predicted octanol–water partition coefficient (Wildman–Crippen LogP) is 6.45. The van der Waals surface area contributed by atoms with Gasteiger partial charge in [0.2, 0.25) is 0 Å². The number of hydrogen-bond acceptors (Lipinski definition) is 2. The molecule has 0 saturated heterocycles. The molecule has 0 atom stereocenters. The van der Waals surface area contributed by atoms with Gasteiger partial charge in [0.1, 0.15) is 5.58 Å². The van der Waals surface area contributed by atoms with Crippen molar-refractivity contribution in [1.29, 1.82) is 0 Å². The third-order valence-corrected chi connectivity index (χ3v) is 4.78. The maximum Gasteiger partial charge on any atom is 0.291 e. The van der Waals surface area contributed by atoms with Crippen molar-refractivity contribution in [3.05, 3.63) is 76.0 Å². The molecule has 0 spiro atoms. The summed E-state index contributed by atoms with van der Waals surface area (Å²) in [6.07, 6.45) is 0. The number of aryl methyl sites for hydroxylation is 1. The molecule has 124 valence electrons. The van der Waals surface area contributed by atoms with Gasteiger partial charge in [0.15, 0.2) is 5.76 Å². The van der Waals surface area contributed by atoms with Crippen LogP contribution in [0.25, 0.3) is 21.7 Å². The molecule has 1 heterocycles. The zero-order valence-corrected chi connectivity index (χ0v) is 14.8. The molecule has 0 aliphatic carbocycles. The Bertz CT molecular complexity index is 1130. The number of fused-ring (bicyclic) bond motifs is 3. The van der Waals surface area contributed by atoms with Gasteiger partial charge in [0.05, 0.1) is 10.7 Å². The number of carbonyl (C=O) groups is 1. The van der Waals surface area contributed by atoms with Gasteiger partial charge in [-0.15, -0.1) is 0 Å². The average Bonchev–Trinajstić information content (AvgIpc) is 2.95. The number of amides is 1. The third-order valence-electron chi connectivity index (χ3n) is 4.21. The number of furan rings is 1. The monoisotopic (exact) mass is 369 g/mol. The lowest BCUT2D eigenvalue weighted by molar-refractivity contribution is 0.0998. The maximum absolute atomic E-state index is 12.7. The first kappa shape index (κ1) is 16.0. The van der Waals surface area contributed by atoms with E-state index in [1.54, 1.807) is 18.2 Å². The summed E-state index contributed by atoms with van der Waals surface area (Å²) in [6, 6.07) is 16.8. The van der Waals surface area contributed by atoms with Crippen LogP contribution in [0.5, 0.6) is 0 Å². The molecule has 0 fully saturated rings. The van der Waals surface area contributed by atoms with Crippen molar-refractivity contribution in [2.24, 2.45) is 0 Å². The third kappa shape index (κ3) is 2.76. The molecular formula is C20H13Cl2NO2. The number of benzene rings is 3. The fourth-order valence-electron chi connectivity index (χ4n) is 2.94. The van der Waals surface area contributed by atoms with Crippen LogP contribution in [0.3, 0.4) is 0 Å². The van der Waals surface area contributed by atoms with E-state index in [9.17, 15) is 4.79 Å². The van der Waals surface area contributed by atoms with Crippen molar-refractivity contribution in [3.8, 4) is 0 Å². The minimum atomic E-state index is -0.359. The summed E-state index contributed by atoms with van der Waals surface area (Å²) < 4.78 is 5.93. The van der Waals surface area contributed by atoms with Gasteiger partial charge in [0, 0.05) is 21.4 Å². The van der Waals surface area contributed by atoms with E-state index in [-0.39, 0.29) is 11.7 Å². The Kier molecular flexibility index (Phi) is 3.91. The van der Waals surface area contributed by atoms with Crippen molar-refractivity contribution in [1.82, 2.24) is 0 Å². The average molecular weight is 370 g/mol. The van der Waals surface area contributed by atoms with E-state index in [4.69, 9.17) is 27.6 Å². The lowest BCUT2D eigenvalue weighted by Crippen LogP contribution is -2.12. The molecule has 0 saturated carbocycles. The van der Waals surface area contributed by atoms with Gasteiger partial charge >= 0.3 is 0 Å². The molecule has 1 aromatic heterocycles. The quantitative estimate of drug-likeness (QED) is 0.440. The zero-order valence-electron chi connectivity index (χ0n) is 13.3. The lowest BCUT2D eigenvalue weighted by Gasteiger charge is -2.06. The highest BCUT2D eigenvalue weighted by Gasteiger charge is 2.20. The molecule has 0 bridgehead atoms. The normalized spacial score (nSPS) is 11.2. The molecule has 0 unspecified atom stereocenters. The van der Waals surface area contributed by atoms with Crippen molar-refractivity contribution in [3.63, 3.8) is 0 Å². The number of carbonyl (C=O) groups excluding carboxylic acids is 1. The topological polar surface area (TPSA) is 42.2 Å². The van der Waals surface area contributed by atoms with E-state index in [1.807, 2.05) is 43.3 Å². The molecular weight excluding hydrogens is 357 g/mol. The van der Waals surface area contributed by atoms with E-state index >= 15 is 0 Å². The molecule has 0 aliphatic rings. The Hall–Kier alpha value is -2.49. The Morgan fingerprint density at radius 2 is 1.80 bits per heavy atom. The summed E-state index contributed by atoms with van der Waals surface area (Å²) in [6.45, 7) is 1.87. The van der Waals surface area contributed by atoms with Crippen LogP contribution in [0.4, 0.5) is 5.69 Å². The van der Waals surface area contributed by atoms with Crippen LogP contribution in [-0.4, -0.2) is 5.91 Å². The minimum Gasteiger partial charge on any atom is -0.450 e. The standard InChI is InChI=1S/C20H13Cl2NO2/c1-11-14-8-6-12-4-2-3-5-15(12)19(14)25-18(11)20(24)23-17-10-13(21)7-9-16(17)22/h2-10H,1H3,(H,23,24). The van der Waals surface area contributed by atoms with Crippen molar-refractivity contribution < 1.29 is 9.21 Å². The molecule has 0 radical (unpaired) electrons. The lowest BCUT2D eigenvalue weighted by atomic mass is 10.1. The van der Waals surface area contributed by atoms with Crippen LogP contribution in [-0.2, 0) is 0 Å². The SMILES string of the molecule is Cc1c(C(=O)Nc2cc(Cl)ccc2Cl)oc2c1ccc1ccccc12. The van der Waals surface area contributed by atoms with Crippen molar-refractivity contribution in [2.75, 3.05) is 5.32 Å². The highest BCUT2D eigenvalue weighted by Crippen LogP contribution is 2.33. The highest BCUT2D eigenvalue weighted by molar-refractivity contribution is 6.36. The van der Waals surface area contributed by atoms with E-state index in [1.165, 1.54) is 0 Å². The van der Waals surface area contributed by atoms with Crippen LogP contribution in [0.1, 0.15) is 16.1 Å². The number of rotatable bonds is 2. The first-order chi connectivity index (χ1) is 12.0. The summed E-state index contributed by atoms with van der Waals surface area (Å²) in [5.74, 6) is -0.0932. The summed E-state index contributed by atoms with van der Waals surface area (Å²) in [5.41, 5.74) is 1.94. The molecule has 3 aromatic carbocycles. The summed E-state index contributed by atoms with van der Waals surface area (Å²) in [4.78, 5) is 12.7. The van der Waals surface area contributed by atoms with Gasteiger partial charge in [-0.25, -0.2) is 0 Å². The Labute approximate surface area is 154 Å². The summed E-state index contributed by atoms with van der Waals surface area (Å²) in [7, 11) is 0. The highest BCUT2D eigenvalue weighted by atomic mass is 35.5. The molecule has 1 N–H and O–H groups in total. The second-order valence-electron chi connectivity index (χ2n) is 5.80. The van der Waals surface area contributed by atoms with Crippen LogP contribution in [0.15, 0.2) is 59.0 Å². The molecule has 0 aliphatic heterocycles. The summed E-state index contributed by atoms with van der Waals surface area (Å²) in [5, 5.41) is 6.63. The maximum atomic E-state index is 12.7. The molecule has 4 aromatic rings. The van der Waals surface area contributed by atoms with Gasteiger partial charge < -0.3 is 9.73 Å². The van der Waals surface area contributed by atoms with Crippen LogP contribution in [0, 0.1) is 6.92 Å². The Morgan fingerprint density at radius 3 is 2.64 bits per heavy atom. The van der Waals surface area contributed by atoms with Gasteiger partial charge in [-0.05, 0) is 30.5 Å². The van der Waals surface area contributed by atoms with Gasteiger partial charge in [-0.1, -0.05) is 59.6 Å². The number of hydrogen-bond donors (Lipinski definition) is 1. The second kappa shape index (κ2) is 6.10. The number of nitrogens with one attached hydrogen (secondary N) is 1. The molecule has 4 rings (SSSR count). The first-order valence-corrected chi connectivity index (χ1v) is 8.47. The molecule has 3 nitrogen and oxygen atoms in total. The summed E-state index contributed by atoms with van der Waals surface area (Å²) >= 11 is 12.1. The van der Waals surface area contributed by atoms with Crippen LogP contribution in [0.2, 0.25) is 10.0 Å². The Balaban J connectivity index is 1.81. The fraction of sp³-hybridized carbons (Fsp3) is 0.0500. The van der Waals surface area contributed by atoms with Crippen LogP contribution < -0.4 is 5.32 Å². The van der Waals surface area contributed by atoms with Gasteiger partial charge in [0.25, 0.3) is 5.91 Å². The largest absolute Gasteiger partial charge is 0.450 e. The smallest absolute Gasteiger partial charge is 0.291 e. The molecule has 5 heteroatoms. The first-order valence-electron chi connectivity index (χ1n) is 7.72. The minimum absolute atomic E-state index is 0.266. The van der Waals surface area contributed by atoms with Crippen molar-refractivity contribution >= 4 is 56.5 Å². The number of anilines is 1. The van der Waals surface area contributed by atoms with Crippen LogP contribution >= 0.6 is 23.2 Å². The molecule has 25 heavy (non-hydrogen) atoms. The van der Waals surface area contributed by atoms with Gasteiger partial charge in [-0.3, -0.25) is 4.79 Å². The zero-order chi connectivity index (χ0) is 17.6. The predicted molar refractivity (Wildman–Crippen MR) is 103 cm³/mol. The molecule has 1 amide bonds. The van der Waals surface area contributed by atoms with E-state index < -0.39 is 0 Å². The van der Waals surface area contributed by atoms with Gasteiger partial charge in [-0.2, -0.15) is 0 Å². The van der Waals surface area contributed by atoms with E-state index in [0.717, 1.165) is 21.7 Å². The van der Waals surface area contributed by atoms with E-state index in [0.29, 0.717) is 21.3 Å². The fourth-order valence-corrected chi connectivity index (χ4v) is 3.28. The second-order valence-corrected chi connectivity index (χ2v) is 6.64. The number of halogens is 2. The van der Waals surface area contributed by atoms with Crippen molar-refractivity contribution in [2.45, 2.75) is 6.92 Å². The Morgan fingerprint density at radius 1 is 1.00 bits per heavy atom. The van der Waals surface area contributed by atoms with E-state index in [2.05, 4.69) is 5.32 Å².